The number of methoxy groups -OCH3 is 1. The molecule has 0 aliphatic heterocycles. The highest BCUT2D eigenvalue weighted by atomic mass is 16.5. The lowest BCUT2D eigenvalue weighted by Crippen LogP contribution is -1.86. The van der Waals surface area contributed by atoms with Gasteiger partial charge in [0.05, 0.1) is 7.11 Å². The van der Waals surface area contributed by atoms with Gasteiger partial charge >= 0.3 is 0 Å². The summed E-state index contributed by atoms with van der Waals surface area (Å²) in [5.41, 5.74) is 2.47. The van der Waals surface area contributed by atoms with Crippen molar-refractivity contribution in [2.45, 2.75) is 13.8 Å². The summed E-state index contributed by atoms with van der Waals surface area (Å²) < 4.78 is 5.10. The number of rotatable bonds is 1. The van der Waals surface area contributed by atoms with Gasteiger partial charge in [-0.05, 0) is 25.5 Å². The predicted octanol–water partition coefficient (Wildman–Crippen LogP) is 3.11. The fourth-order valence-corrected chi connectivity index (χ4v) is 1.03. The monoisotopic (exact) mass is 164 g/mol. The molecular weight excluding hydrogens is 148 g/mol. The Balaban J connectivity index is 0.000000561. The molecule has 0 fully saturated rings. The zero-order valence-electron chi connectivity index (χ0n) is 8.05. The van der Waals surface area contributed by atoms with Crippen molar-refractivity contribution in [2.24, 2.45) is 0 Å². The average Bonchev–Trinajstić information content (AvgIpc) is 2.08. The van der Waals surface area contributed by atoms with E-state index in [1.54, 1.807) is 7.11 Å². The molecule has 0 saturated heterocycles. The van der Waals surface area contributed by atoms with Crippen LogP contribution >= 0.6 is 0 Å². The van der Waals surface area contributed by atoms with E-state index in [1.165, 1.54) is 11.1 Å². The smallest absolute Gasteiger partial charge is 0.121 e. The van der Waals surface area contributed by atoms with E-state index in [-0.39, 0.29) is 0 Å². The molecule has 0 spiro atoms. The standard InChI is InChI=1S/C9H12O.C2H4/c1-7-4-5-9(10-3)8(2)6-7;1-2/h4-6H,1-3H3;1-2H2. The van der Waals surface area contributed by atoms with Gasteiger partial charge in [0.25, 0.3) is 0 Å². The Morgan fingerprint density at radius 3 is 2.17 bits per heavy atom. The topological polar surface area (TPSA) is 9.23 Å². The molecule has 1 aromatic rings. The predicted molar refractivity (Wildman–Crippen MR) is 53.7 cm³/mol. The van der Waals surface area contributed by atoms with Crippen LogP contribution < -0.4 is 4.74 Å². The zero-order chi connectivity index (χ0) is 9.56. The lowest BCUT2D eigenvalue weighted by Gasteiger charge is -2.03. The van der Waals surface area contributed by atoms with Crippen LogP contribution in [0.1, 0.15) is 11.1 Å². The van der Waals surface area contributed by atoms with Crippen LogP contribution in [0.2, 0.25) is 0 Å². The van der Waals surface area contributed by atoms with Crippen LogP contribution in [0.5, 0.6) is 5.75 Å². The van der Waals surface area contributed by atoms with Gasteiger partial charge in [-0.25, -0.2) is 0 Å². The Kier molecular flexibility index (Phi) is 4.86. The van der Waals surface area contributed by atoms with Crippen molar-refractivity contribution < 1.29 is 4.74 Å². The number of aryl methyl sites for hydroxylation is 2. The summed E-state index contributed by atoms with van der Waals surface area (Å²) in [6, 6.07) is 6.15. The third-order valence-corrected chi connectivity index (χ3v) is 1.55. The summed E-state index contributed by atoms with van der Waals surface area (Å²) in [4.78, 5) is 0. The molecule has 1 heteroatoms. The molecule has 1 nitrogen and oxygen atoms in total. The largest absolute Gasteiger partial charge is 0.496 e. The molecule has 0 N–H and O–H groups in total. The van der Waals surface area contributed by atoms with Gasteiger partial charge in [0.2, 0.25) is 0 Å². The van der Waals surface area contributed by atoms with Gasteiger partial charge in [-0.2, -0.15) is 0 Å². The lowest BCUT2D eigenvalue weighted by atomic mass is 10.1. The minimum Gasteiger partial charge on any atom is -0.496 e. The second kappa shape index (κ2) is 5.42. The first kappa shape index (κ1) is 10.8. The van der Waals surface area contributed by atoms with Crippen LogP contribution in [0, 0.1) is 13.8 Å². The maximum absolute atomic E-state index is 5.10. The summed E-state index contributed by atoms with van der Waals surface area (Å²) in [5.74, 6) is 0.964. The molecule has 0 heterocycles. The van der Waals surface area contributed by atoms with E-state index < -0.39 is 0 Å². The Hall–Kier alpha value is -1.24. The molecule has 0 atom stereocenters. The third-order valence-electron chi connectivity index (χ3n) is 1.55. The molecule has 0 bridgehead atoms. The van der Waals surface area contributed by atoms with Crippen molar-refractivity contribution in [1.82, 2.24) is 0 Å². The van der Waals surface area contributed by atoms with Crippen molar-refractivity contribution in [3.05, 3.63) is 42.5 Å². The molecule has 12 heavy (non-hydrogen) atoms. The van der Waals surface area contributed by atoms with E-state index in [0.717, 1.165) is 5.75 Å². The quantitative estimate of drug-likeness (QED) is 0.579. The summed E-state index contributed by atoms with van der Waals surface area (Å²) >= 11 is 0. The van der Waals surface area contributed by atoms with Crippen LogP contribution in [0.3, 0.4) is 0 Å². The molecule has 1 aromatic carbocycles. The van der Waals surface area contributed by atoms with E-state index in [1.807, 2.05) is 19.1 Å². The summed E-state index contributed by atoms with van der Waals surface area (Å²) in [6.45, 7) is 10.1. The van der Waals surface area contributed by atoms with Crippen molar-refractivity contribution >= 4 is 0 Å². The molecule has 0 aliphatic rings. The second-order valence-electron chi connectivity index (χ2n) is 2.47. The number of benzene rings is 1. The molecule has 0 amide bonds. The lowest BCUT2D eigenvalue weighted by molar-refractivity contribution is 0.411. The SMILES string of the molecule is C=C.COc1ccc(C)cc1C. The van der Waals surface area contributed by atoms with Crippen LogP contribution in [0.25, 0.3) is 0 Å². The first-order chi connectivity index (χ1) is 5.74. The van der Waals surface area contributed by atoms with Crippen LogP contribution in [-0.2, 0) is 0 Å². The summed E-state index contributed by atoms with van der Waals surface area (Å²) in [7, 11) is 1.69. The Morgan fingerprint density at radius 2 is 1.75 bits per heavy atom. The Labute approximate surface area is 74.7 Å². The summed E-state index contributed by atoms with van der Waals surface area (Å²) in [6.07, 6.45) is 0. The number of ether oxygens (including phenoxy) is 1. The van der Waals surface area contributed by atoms with E-state index in [9.17, 15) is 0 Å². The van der Waals surface area contributed by atoms with Gasteiger partial charge in [-0.15, -0.1) is 13.2 Å². The normalized spacial score (nSPS) is 8.25. The van der Waals surface area contributed by atoms with Crippen LogP contribution in [0.15, 0.2) is 31.4 Å². The molecule has 66 valence electrons. The minimum absolute atomic E-state index is 0.964. The highest BCUT2D eigenvalue weighted by Gasteiger charge is 1.94. The van der Waals surface area contributed by atoms with Crippen molar-refractivity contribution in [3.8, 4) is 5.75 Å². The molecular formula is C11H16O. The number of hydrogen-bond acceptors (Lipinski definition) is 1. The summed E-state index contributed by atoms with van der Waals surface area (Å²) in [5, 5.41) is 0. The van der Waals surface area contributed by atoms with Crippen molar-refractivity contribution in [2.75, 3.05) is 7.11 Å². The Morgan fingerprint density at radius 1 is 1.17 bits per heavy atom. The first-order valence-electron chi connectivity index (χ1n) is 3.85. The maximum Gasteiger partial charge on any atom is 0.121 e. The van der Waals surface area contributed by atoms with E-state index in [0.29, 0.717) is 0 Å². The average molecular weight is 164 g/mol. The van der Waals surface area contributed by atoms with Crippen LogP contribution in [0.4, 0.5) is 0 Å². The maximum atomic E-state index is 5.10. The highest BCUT2D eigenvalue weighted by Crippen LogP contribution is 2.17. The minimum atomic E-state index is 0.964. The van der Waals surface area contributed by atoms with Crippen molar-refractivity contribution in [1.29, 1.82) is 0 Å². The molecule has 0 aromatic heterocycles. The fraction of sp³-hybridized carbons (Fsp3) is 0.273. The van der Waals surface area contributed by atoms with Gasteiger partial charge in [0.1, 0.15) is 5.75 Å². The molecule has 0 radical (unpaired) electrons. The van der Waals surface area contributed by atoms with Crippen molar-refractivity contribution in [3.63, 3.8) is 0 Å². The van der Waals surface area contributed by atoms with Gasteiger partial charge < -0.3 is 4.74 Å². The van der Waals surface area contributed by atoms with E-state index in [4.69, 9.17) is 4.74 Å². The molecule has 0 aliphatic carbocycles. The number of hydrogen-bond donors (Lipinski definition) is 0. The zero-order valence-corrected chi connectivity index (χ0v) is 8.05. The first-order valence-corrected chi connectivity index (χ1v) is 3.85. The van der Waals surface area contributed by atoms with Crippen LogP contribution in [-0.4, -0.2) is 7.11 Å². The third kappa shape index (κ3) is 2.79. The molecule has 1 rings (SSSR count). The molecule has 0 unspecified atom stereocenters. The van der Waals surface area contributed by atoms with Gasteiger partial charge in [-0.3, -0.25) is 0 Å². The fourth-order valence-electron chi connectivity index (χ4n) is 1.03. The second-order valence-corrected chi connectivity index (χ2v) is 2.47. The van der Waals surface area contributed by atoms with E-state index >= 15 is 0 Å². The molecule has 0 saturated carbocycles. The van der Waals surface area contributed by atoms with Gasteiger partial charge in [0, 0.05) is 0 Å². The van der Waals surface area contributed by atoms with Gasteiger partial charge in [0.15, 0.2) is 0 Å². The van der Waals surface area contributed by atoms with Gasteiger partial charge in [-0.1, -0.05) is 17.7 Å². The Bertz CT molecular complexity index is 241. The highest BCUT2D eigenvalue weighted by molar-refractivity contribution is 5.35. The van der Waals surface area contributed by atoms with E-state index in [2.05, 4.69) is 26.1 Å².